The van der Waals surface area contributed by atoms with Gasteiger partial charge in [-0.25, -0.2) is 4.68 Å². The number of hydrogen-bond acceptors (Lipinski definition) is 7. The molecule has 0 amide bonds. The first kappa shape index (κ1) is 20.0. The zero-order valence-electron chi connectivity index (χ0n) is 17.1. The summed E-state index contributed by atoms with van der Waals surface area (Å²) < 4.78 is 12.5. The third-order valence-electron chi connectivity index (χ3n) is 5.24. The molecule has 2 N–H and O–H groups in total. The second kappa shape index (κ2) is 7.50. The first-order chi connectivity index (χ1) is 14.8. The van der Waals surface area contributed by atoms with E-state index >= 15 is 0 Å². The maximum Gasteiger partial charge on any atom is 0.311 e. The highest BCUT2D eigenvalue weighted by atomic mass is 16.6. The van der Waals surface area contributed by atoms with Gasteiger partial charge in [0.15, 0.2) is 5.75 Å². The maximum atomic E-state index is 11.5. The largest absolute Gasteiger partial charge is 0.490 e. The van der Waals surface area contributed by atoms with Gasteiger partial charge in [0.1, 0.15) is 11.6 Å². The highest BCUT2D eigenvalue weighted by Crippen LogP contribution is 2.46. The average molecular weight is 417 g/mol. The molecule has 31 heavy (non-hydrogen) atoms. The van der Waals surface area contributed by atoms with Crippen molar-refractivity contribution in [2.45, 2.75) is 19.8 Å². The Balaban J connectivity index is 1.95. The van der Waals surface area contributed by atoms with Gasteiger partial charge in [0.2, 0.25) is 11.8 Å². The number of aromatic nitrogens is 2. The summed E-state index contributed by atoms with van der Waals surface area (Å²) in [7, 11) is 1.36. The predicted octanol–water partition coefficient (Wildman–Crippen LogP) is 3.62. The lowest BCUT2D eigenvalue weighted by Gasteiger charge is -2.25. The molecule has 0 saturated carbocycles. The third-order valence-corrected chi connectivity index (χ3v) is 5.24. The lowest BCUT2D eigenvalue weighted by atomic mass is 9.84. The molecule has 2 heterocycles. The maximum absolute atomic E-state index is 11.5. The molecule has 0 bridgehead atoms. The second-order valence-corrected chi connectivity index (χ2v) is 7.16. The van der Waals surface area contributed by atoms with Crippen molar-refractivity contribution in [2.24, 2.45) is 5.73 Å². The molecule has 2 aromatic carbocycles. The number of nitrogens with two attached hydrogens (primary N) is 1. The minimum Gasteiger partial charge on any atom is -0.490 e. The number of aryl methyl sites for hydroxylation is 2. The molecular weight excluding hydrogens is 398 g/mol. The third kappa shape index (κ3) is 3.24. The topological polar surface area (TPSA) is 129 Å². The Morgan fingerprint density at radius 1 is 1.26 bits per heavy atom. The summed E-state index contributed by atoms with van der Waals surface area (Å²) in [6.45, 7) is 3.78. The smallest absolute Gasteiger partial charge is 0.311 e. The molecule has 156 valence electrons. The van der Waals surface area contributed by atoms with Gasteiger partial charge < -0.3 is 15.2 Å². The second-order valence-electron chi connectivity index (χ2n) is 7.16. The molecule has 0 fully saturated rings. The number of hydrogen-bond donors (Lipinski definition) is 1. The monoisotopic (exact) mass is 417 g/mol. The number of ether oxygens (including phenoxy) is 2. The molecule has 9 heteroatoms. The highest BCUT2D eigenvalue weighted by Gasteiger charge is 2.37. The SMILES string of the molecule is COc1ccc([C@@H]2C(C#N)=C(N)Oc3c2c(C)nn3-c2ccc(C)cc2)cc1[N+](=O)[O-]. The van der Waals surface area contributed by atoms with E-state index < -0.39 is 10.8 Å². The molecule has 1 atom stereocenters. The number of nitrogens with zero attached hydrogens (tertiary/aromatic N) is 4. The summed E-state index contributed by atoms with van der Waals surface area (Å²) in [6, 6.07) is 14.4. The number of methoxy groups -OCH3 is 1. The normalized spacial score (nSPS) is 15.1. The molecule has 0 unspecified atom stereocenters. The lowest BCUT2D eigenvalue weighted by molar-refractivity contribution is -0.385. The van der Waals surface area contributed by atoms with Crippen LogP contribution in [-0.2, 0) is 0 Å². The number of allylic oxidation sites excluding steroid dienone is 1. The van der Waals surface area contributed by atoms with Crippen molar-refractivity contribution in [2.75, 3.05) is 7.11 Å². The van der Waals surface area contributed by atoms with E-state index in [2.05, 4.69) is 11.2 Å². The summed E-state index contributed by atoms with van der Waals surface area (Å²) in [5, 5.41) is 25.9. The van der Waals surface area contributed by atoms with Crippen molar-refractivity contribution in [1.82, 2.24) is 9.78 Å². The van der Waals surface area contributed by atoms with Crippen LogP contribution in [0.4, 0.5) is 5.69 Å². The van der Waals surface area contributed by atoms with E-state index in [1.807, 2.05) is 31.2 Å². The Morgan fingerprint density at radius 2 is 1.97 bits per heavy atom. The molecule has 0 saturated heterocycles. The van der Waals surface area contributed by atoms with Gasteiger partial charge in [-0.15, -0.1) is 0 Å². The molecule has 3 aromatic rings. The Bertz CT molecular complexity index is 1270. The van der Waals surface area contributed by atoms with Crippen LogP contribution < -0.4 is 15.2 Å². The number of benzene rings is 2. The molecule has 0 spiro atoms. The fourth-order valence-corrected chi connectivity index (χ4v) is 3.74. The summed E-state index contributed by atoms with van der Waals surface area (Å²) in [5.41, 5.74) is 9.70. The quantitative estimate of drug-likeness (QED) is 0.507. The first-order valence-corrected chi connectivity index (χ1v) is 9.42. The van der Waals surface area contributed by atoms with Crippen LogP contribution >= 0.6 is 0 Å². The number of fused-ring (bicyclic) bond motifs is 1. The van der Waals surface area contributed by atoms with Crippen LogP contribution in [0.5, 0.6) is 11.6 Å². The molecule has 1 aliphatic rings. The van der Waals surface area contributed by atoms with Crippen LogP contribution in [0.25, 0.3) is 5.69 Å². The van der Waals surface area contributed by atoms with E-state index in [1.165, 1.54) is 19.2 Å². The van der Waals surface area contributed by atoms with Crippen LogP contribution in [0.2, 0.25) is 0 Å². The molecule has 9 nitrogen and oxygen atoms in total. The van der Waals surface area contributed by atoms with Gasteiger partial charge >= 0.3 is 5.69 Å². The van der Waals surface area contributed by atoms with Crippen LogP contribution in [0.3, 0.4) is 0 Å². The summed E-state index contributed by atoms with van der Waals surface area (Å²) in [4.78, 5) is 11.0. The fourth-order valence-electron chi connectivity index (χ4n) is 3.74. The Morgan fingerprint density at radius 3 is 2.58 bits per heavy atom. The number of nitriles is 1. The van der Waals surface area contributed by atoms with E-state index in [-0.39, 0.29) is 22.9 Å². The molecule has 0 radical (unpaired) electrons. The molecule has 0 aliphatic carbocycles. The predicted molar refractivity (Wildman–Crippen MR) is 112 cm³/mol. The van der Waals surface area contributed by atoms with Crippen molar-refractivity contribution < 1.29 is 14.4 Å². The van der Waals surface area contributed by atoms with E-state index in [9.17, 15) is 15.4 Å². The van der Waals surface area contributed by atoms with Crippen LogP contribution in [0.15, 0.2) is 53.9 Å². The van der Waals surface area contributed by atoms with Gasteiger partial charge in [-0.3, -0.25) is 10.1 Å². The van der Waals surface area contributed by atoms with E-state index in [4.69, 9.17) is 15.2 Å². The van der Waals surface area contributed by atoms with Crippen molar-refractivity contribution in [3.63, 3.8) is 0 Å². The number of nitro groups is 1. The minimum absolute atomic E-state index is 0.0632. The lowest BCUT2D eigenvalue weighted by Crippen LogP contribution is -2.22. The van der Waals surface area contributed by atoms with E-state index in [1.54, 1.807) is 17.7 Å². The number of rotatable bonds is 4. The van der Waals surface area contributed by atoms with Gasteiger partial charge in [-0.2, -0.15) is 10.4 Å². The Kier molecular flexibility index (Phi) is 4.83. The van der Waals surface area contributed by atoms with Crippen LogP contribution in [0, 0.1) is 35.3 Å². The van der Waals surface area contributed by atoms with Crippen LogP contribution in [0.1, 0.15) is 28.3 Å². The van der Waals surface area contributed by atoms with Crippen molar-refractivity contribution in [3.8, 4) is 23.4 Å². The van der Waals surface area contributed by atoms with Gasteiger partial charge in [0.05, 0.1) is 34.9 Å². The van der Waals surface area contributed by atoms with Gasteiger partial charge in [-0.1, -0.05) is 23.8 Å². The van der Waals surface area contributed by atoms with E-state index in [0.717, 1.165) is 11.3 Å². The van der Waals surface area contributed by atoms with Crippen LogP contribution in [-0.4, -0.2) is 21.8 Å². The Labute approximate surface area is 178 Å². The van der Waals surface area contributed by atoms with Gasteiger partial charge in [-0.05, 0) is 37.6 Å². The molecule has 1 aromatic heterocycles. The van der Waals surface area contributed by atoms with E-state index in [0.29, 0.717) is 22.7 Å². The minimum atomic E-state index is -0.669. The molecule has 1 aliphatic heterocycles. The first-order valence-electron chi connectivity index (χ1n) is 9.42. The zero-order chi connectivity index (χ0) is 22.3. The zero-order valence-corrected chi connectivity index (χ0v) is 17.1. The van der Waals surface area contributed by atoms with Crippen molar-refractivity contribution in [1.29, 1.82) is 5.26 Å². The standard InChI is InChI=1S/C22H19N5O4/c1-12-4-7-15(8-5-12)26-22-19(13(2)25-26)20(16(11-23)21(24)31-22)14-6-9-18(30-3)17(10-14)27(28)29/h4-10,20H,24H2,1-3H3/t20-/m1/s1. The highest BCUT2D eigenvalue weighted by molar-refractivity contribution is 5.60. The van der Waals surface area contributed by atoms with Gasteiger partial charge in [0, 0.05) is 6.07 Å². The summed E-state index contributed by atoms with van der Waals surface area (Å²) in [5.74, 6) is -0.228. The Hall–Kier alpha value is -4.32. The number of nitro benzene ring substituents is 1. The average Bonchev–Trinajstić information content (AvgIpc) is 3.08. The summed E-state index contributed by atoms with van der Waals surface area (Å²) in [6.07, 6.45) is 0. The fraction of sp³-hybridized carbons (Fsp3) is 0.182. The molecular formula is C22H19N5O4. The van der Waals surface area contributed by atoms with Crippen molar-refractivity contribution >= 4 is 5.69 Å². The molecule has 4 rings (SSSR count). The van der Waals surface area contributed by atoms with Gasteiger partial charge in [0.25, 0.3) is 0 Å². The van der Waals surface area contributed by atoms with Crippen molar-refractivity contribution in [3.05, 3.63) is 86.4 Å². The summed E-state index contributed by atoms with van der Waals surface area (Å²) >= 11 is 0.